The SMILES string of the molecule is COC(=O)CN1C(=O)S/C(=C\C(C)=C\c2ccco2)C1=O. The van der Waals surface area contributed by atoms with Gasteiger partial charge in [0.25, 0.3) is 11.1 Å². The van der Waals surface area contributed by atoms with Crippen LogP contribution >= 0.6 is 11.8 Å². The molecule has 2 amide bonds. The van der Waals surface area contributed by atoms with Crippen molar-refractivity contribution in [1.29, 1.82) is 0 Å². The number of ether oxygens (including phenoxy) is 1. The molecule has 0 bridgehead atoms. The van der Waals surface area contributed by atoms with Gasteiger partial charge in [-0.15, -0.1) is 0 Å². The molecule has 0 N–H and O–H groups in total. The molecule has 1 saturated heterocycles. The summed E-state index contributed by atoms with van der Waals surface area (Å²) in [5, 5.41) is -0.484. The zero-order chi connectivity index (χ0) is 15.4. The molecule has 1 aromatic heterocycles. The van der Waals surface area contributed by atoms with Gasteiger partial charge in [-0.1, -0.05) is 0 Å². The summed E-state index contributed by atoms with van der Waals surface area (Å²) in [5.41, 5.74) is 0.758. The lowest BCUT2D eigenvalue weighted by atomic mass is 10.2. The van der Waals surface area contributed by atoms with Gasteiger partial charge < -0.3 is 9.15 Å². The van der Waals surface area contributed by atoms with Crippen molar-refractivity contribution in [3.8, 4) is 0 Å². The van der Waals surface area contributed by atoms with Gasteiger partial charge in [0.05, 0.1) is 18.3 Å². The third-order valence-electron chi connectivity index (χ3n) is 2.66. The Hall–Kier alpha value is -2.28. The topological polar surface area (TPSA) is 76.8 Å². The maximum atomic E-state index is 12.1. The van der Waals surface area contributed by atoms with Crippen molar-refractivity contribution in [3.05, 3.63) is 40.7 Å². The molecule has 0 unspecified atom stereocenters. The first kappa shape index (κ1) is 15.1. The predicted molar refractivity (Wildman–Crippen MR) is 77.2 cm³/mol. The summed E-state index contributed by atoms with van der Waals surface area (Å²) in [6.45, 7) is 1.41. The van der Waals surface area contributed by atoms with Crippen LogP contribution in [-0.2, 0) is 14.3 Å². The lowest BCUT2D eigenvalue weighted by molar-refractivity contribution is -0.143. The monoisotopic (exact) mass is 307 g/mol. The van der Waals surface area contributed by atoms with E-state index >= 15 is 0 Å². The van der Waals surface area contributed by atoms with Crippen LogP contribution in [0.4, 0.5) is 4.79 Å². The first-order valence-corrected chi connectivity index (χ1v) is 6.87. The van der Waals surface area contributed by atoms with Crippen LogP contribution in [0.5, 0.6) is 0 Å². The molecular formula is C14H13NO5S. The molecule has 21 heavy (non-hydrogen) atoms. The summed E-state index contributed by atoms with van der Waals surface area (Å²) >= 11 is 0.795. The number of thioether (sulfide) groups is 1. The molecule has 0 aliphatic carbocycles. The van der Waals surface area contributed by atoms with Crippen molar-refractivity contribution >= 4 is 35.0 Å². The van der Waals surface area contributed by atoms with Gasteiger partial charge in [-0.3, -0.25) is 19.3 Å². The van der Waals surface area contributed by atoms with E-state index in [2.05, 4.69) is 4.74 Å². The lowest BCUT2D eigenvalue weighted by Gasteiger charge is -2.09. The summed E-state index contributed by atoms with van der Waals surface area (Å²) in [6.07, 6.45) is 4.88. The number of esters is 1. The highest BCUT2D eigenvalue weighted by molar-refractivity contribution is 8.18. The highest BCUT2D eigenvalue weighted by Gasteiger charge is 2.36. The van der Waals surface area contributed by atoms with Gasteiger partial charge in [0, 0.05) is 0 Å². The van der Waals surface area contributed by atoms with Crippen LogP contribution in [0, 0.1) is 0 Å². The summed E-state index contributed by atoms with van der Waals surface area (Å²) in [7, 11) is 1.20. The minimum absolute atomic E-state index is 0.268. The summed E-state index contributed by atoms with van der Waals surface area (Å²) in [4.78, 5) is 36.1. The molecular weight excluding hydrogens is 294 g/mol. The second kappa shape index (κ2) is 6.45. The van der Waals surface area contributed by atoms with E-state index in [1.165, 1.54) is 7.11 Å². The summed E-state index contributed by atoms with van der Waals surface area (Å²) < 4.78 is 9.63. The quantitative estimate of drug-likeness (QED) is 0.628. The first-order chi connectivity index (χ1) is 10.0. The van der Waals surface area contributed by atoms with Crippen molar-refractivity contribution in [1.82, 2.24) is 4.90 Å². The predicted octanol–water partition coefficient (Wildman–Crippen LogP) is 2.44. The number of amides is 2. The molecule has 2 rings (SSSR count). The van der Waals surface area contributed by atoms with Crippen molar-refractivity contribution < 1.29 is 23.5 Å². The van der Waals surface area contributed by atoms with Crippen molar-refractivity contribution in [3.63, 3.8) is 0 Å². The van der Waals surface area contributed by atoms with Crippen LogP contribution in [0.25, 0.3) is 6.08 Å². The third kappa shape index (κ3) is 3.63. The van der Waals surface area contributed by atoms with Crippen LogP contribution in [0.3, 0.4) is 0 Å². The number of carbonyl (C=O) groups is 3. The second-order valence-corrected chi connectivity index (χ2v) is 5.24. The zero-order valence-electron chi connectivity index (χ0n) is 11.5. The Morgan fingerprint density at radius 2 is 2.24 bits per heavy atom. The number of imide groups is 1. The maximum absolute atomic E-state index is 12.1. The van der Waals surface area contributed by atoms with Gasteiger partial charge in [-0.25, -0.2) is 0 Å². The molecule has 1 aliphatic heterocycles. The molecule has 0 saturated carbocycles. The Kier molecular flexibility index (Phi) is 4.64. The Labute approximate surface area is 125 Å². The molecule has 0 aromatic carbocycles. The Balaban J connectivity index is 2.14. The van der Waals surface area contributed by atoms with Gasteiger partial charge in [-0.2, -0.15) is 0 Å². The van der Waals surface area contributed by atoms with Crippen molar-refractivity contribution in [2.24, 2.45) is 0 Å². The molecule has 1 aliphatic rings. The number of rotatable bonds is 4. The fraction of sp³-hybridized carbons (Fsp3) is 0.214. The average molecular weight is 307 g/mol. The highest BCUT2D eigenvalue weighted by Crippen LogP contribution is 2.31. The molecule has 0 atom stereocenters. The van der Waals surface area contributed by atoms with Gasteiger partial charge in [0.2, 0.25) is 0 Å². The second-order valence-electron chi connectivity index (χ2n) is 4.25. The molecule has 0 spiro atoms. The smallest absolute Gasteiger partial charge is 0.325 e. The van der Waals surface area contributed by atoms with E-state index in [1.54, 1.807) is 37.5 Å². The van der Waals surface area contributed by atoms with E-state index in [-0.39, 0.29) is 11.4 Å². The van der Waals surface area contributed by atoms with E-state index in [1.807, 2.05) is 0 Å². The van der Waals surface area contributed by atoms with Crippen LogP contribution in [-0.4, -0.2) is 35.7 Å². The van der Waals surface area contributed by atoms with Crippen molar-refractivity contribution in [2.75, 3.05) is 13.7 Å². The normalized spacial score (nSPS) is 17.7. The molecule has 1 fully saturated rings. The number of hydrogen-bond acceptors (Lipinski definition) is 6. The summed E-state index contributed by atoms with van der Waals surface area (Å²) in [5.74, 6) is -0.485. The van der Waals surface area contributed by atoms with E-state index < -0.39 is 17.1 Å². The van der Waals surface area contributed by atoms with Gasteiger partial charge >= 0.3 is 5.97 Å². The molecule has 6 nitrogen and oxygen atoms in total. The largest absolute Gasteiger partial charge is 0.468 e. The van der Waals surface area contributed by atoms with E-state index in [0.29, 0.717) is 5.76 Å². The van der Waals surface area contributed by atoms with Crippen LogP contribution in [0.15, 0.2) is 39.4 Å². The first-order valence-electron chi connectivity index (χ1n) is 6.05. The Bertz CT molecular complexity index is 630. The van der Waals surface area contributed by atoms with E-state index in [9.17, 15) is 14.4 Å². The van der Waals surface area contributed by atoms with Gasteiger partial charge in [-0.05, 0) is 48.5 Å². The van der Waals surface area contributed by atoms with Crippen molar-refractivity contribution in [2.45, 2.75) is 6.92 Å². The average Bonchev–Trinajstić information content (AvgIpc) is 3.03. The van der Waals surface area contributed by atoms with Crippen LogP contribution in [0.1, 0.15) is 12.7 Å². The molecule has 110 valence electrons. The standard InChI is InChI=1S/C14H13NO5S/c1-9(6-10-4-3-5-20-10)7-11-13(17)15(14(18)21-11)8-12(16)19-2/h3-7H,8H2,1-2H3/b9-6+,11-7-. The molecule has 7 heteroatoms. The Morgan fingerprint density at radius 1 is 1.48 bits per heavy atom. The van der Waals surface area contributed by atoms with Gasteiger partial charge in [0.15, 0.2) is 0 Å². The maximum Gasteiger partial charge on any atom is 0.325 e. The number of methoxy groups -OCH3 is 1. The fourth-order valence-electron chi connectivity index (χ4n) is 1.68. The van der Waals surface area contributed by atoms with Gasteiger partial charge in [0.1, 0.15) is 12.3 Å². The minimum Gasteiger partial charge on any atom is -0.468 e. The molecule has 2 heterocycles. The molecule has 1 aromatic rings. The number of hydrogen-bond donors (Lipinski definition) is 0. The number of allylic oxidation sites excluding steroid dienone is 2. The van der Waals surface area contributed by atoms with Crippen LogP contribution in [0.2, 0.25) is 0 Å². The lowest BCUT2D eigenvalue weighted by Crippen LogP contribution is -2.34. The van der Waals surface area contributed by atoms with E-state index in [4.69, 9.17) is 4.42 Å². The fourth-order valence-corrected chi connectivity index (χ4v) is 2.56. The molecule has 0 radical (unpaired) electrons. The van der Waals surface area contributed by atoms with Crippen LogP contribution < -0.4 is 0 Å². The number of furan rings is 1. The number of nitrogens with zero attached hydrogens (tertiary/aromatic N) is 1. The zero-order valence-corrected chi connectivity index (χ0v) is 12.3. The Morgan fingerprint density at radius 3 is 2.86 bits per heavy atom. The number of carbonyl (C=O) groups excluding carboxylic acids is 3. The van der Waals surface area contributed by atoms with E-state index in [0.717, 1.165) is 22.2 Å². The minimum atomic E-state index is -0.638. The third-order valence-corrected chi connectivity index (χ3v) is 3.57. The summed E-state index contributed by atoms with van der Waals surface area (Å²) in [6, 6.07) is 3.53. The highest BCUT2D eigenvalue weighted by atomic mass is 32.2.